The van der Waals surface area contributed by atoms with Gasteiger partial charge in [-0.3, -0.25) is 4.79 Å². The third-order valence-corrected chi connectivity index (χ3v) is 4.53. The summed E-state index contributed by atoms with van der Waals surface area (Å²) in [5, 5.41) is 2.91. The summed E-state index contributed by atoms with van der Waals surface area (Å²) in [7, 11) is 1.51. The molecule has 0 heterocycles. The Kier molecular flexibility index (Phi) is 8.71. The highest BCUT2D eigenvalue weighted by molar-refractivity contribution is 5.92. The summed E-state index contributed by atoms with van der Waals surface area (Å²) in [6.07, 6.45) is 0.734. The number of benzene rings is 2. The average Bonchev–Trinajstić information content (AvgIpc) is 2.74. The standard InChI is InChI=1S/C24H31NO5/c1-6-20(18-9-7-17(4)8-10-18)25-23(26)15-30-24(27)19-11-12-21(22(13-19)28-5)29-14-16(2)3/h7-13,16,20H,6,14-15H2,1-5H3,(H,25,26)/t20-/m0/s1. The van der Waals surface area contributed by atoms with Crippen molar-refractivity contribution in [1.29, 1.82) is 0 Å². The van der Waals surface area contributed by atoms with Crippen LogP contribution in [-0.4, -0.2) is 32.2 Å². The Balaban J connectivity index is 1.94. The largest absolute Gasteiger partial charge is 0.493 e. The number of esters is 1. The van der Waals surface area contributed by atoms with Crippen LogP contribution in [0.2, 0.25) is 0 Å². The van der Waals surface area contributed by atoms with Crippen LogP contribution in [0.15, 0.2) is 42.5 Å². The van der Waals surface area contributed by atoms with Crippen LogP contribution < -0.4 is 14.8 Å². The smallest absolute Gasteiger partial charge is 0.338 e. The highest BCUT2D eigenvalue weighted by Gasteiger charge is 2.17. The van der Waals surface area contributed by atoms with Gasteiger partial charge in [-0.1, -0.05) is 50.6 Å². The topological polar surface area (TPSA) is 73.9 Å². The number of methoxy groups -OCH3 is 1. The van der Waals surface area contributed by atoms with Gasteiger partial charge in [0.2, 0.25) is 0 Å². The molecule has 0 fully saturated rings. The maximum atomic E-state index is 12.4. The van der Waals surface area contributed by atoms with Gasteiger partial charge in [-0.05, 0) is 43.0 Å². The number of carbonyl (C=O) groups excluding carboxylic acids is 2. The third-order valence-electron chi connectivity index (χ3n) is 4.53. The van der Waals surface area contributed by atoms with Crippen LogP contribution in [0.25, 0.3) is 0 Å². The lowest BCUT2D eigenvalue weighted by Gasteiger charge is -2.18. The maximum Gasteiger partial charge on any atom is 0.338 e. The Hall–Kier alpha value is -3.02. The summed E-state index contributed by atoms with van der Waals surface area (Å²) < 4.78 is 16.2. The predicted octanol–water partition coefficient (Wildman–Crippen LogP) is 4.46. The highest BCUT2D eigenvalue weighted by Crippen LogP contribution is 2.28. The molecule has 0 bridgehead atoms. The van der Waals surface area contributed by atoms with Gasteiger partial charge in [0.25, 0.3) is 5.91 Å². The van der Waals surface area contributed by atoms with Crippen molar-refractivity contribution in [3.05, 3.63) is 59.2 Å². The van der Waals surface area contributed by atoms with Crippen molar-refractivity contribution in [2.75, 3.05) is 20.3 Å². The molecule has 0 spiro atoms. The molecule has 1 atom stereocenters. The Labute approximate surface area is 178 Å². The van der Waals surface area contributed by atoms with Crippen LogP contribution in [0.1, 0.15) is 54.7 Å². The van der Waals surface area contributed by atoms with E-state index in [1.54, 1.807) is 18.2 Å². The van der Waals surface area contributed by atoms with Crippen LogP contribution in [0.3, 0.4) is 0 Å². The molecule has 0 radical (unpaired) electrons. The highest BCUT2D eigenvalue weighted by atomic mass is 16.5. The summed E-state index contributed by atoms with van der Waals surface area (Å²) in [5.41, 5.74) is 2.47. The summed E-state index contributed by atoms with van der Waals surface area (Å²) in [6.45, 7) is 8.29. The number of hydrogen-bond acceptors (Lipinski definition) is 5. The van der Waals surface area contributed by atoms with Crippen LogP contribution in [0.4, 0.5) is 0 Å². The zero-order valence-corrected chi connectivity index (χ0v) is 18.4. The van der Waals surface area contributed by atoms with Gasteiger partial charge in [0.15, 0.2) is 18.1 Å². The van der Waals surface area contributed by atoms with Crippen molar-refractivity contribution in [2.24, 2.45) is 5.92 Å². The van der Waals surface area contributed by atoms with E-state index in [2.05, 4.69) is 5.32 Å². The number of carbonyl (C=O) groups is 2. The van der Waals surface area contributed by atoms with Crippen molar-refractivity contribution in [2.45, 2.75) is 40.2 Å². The van der Waals surface area contributed by atoms with Crippen molar-refractivity contribution in [1.82, 2.24) is 5.32 Å². The monoisotopic (exact) mass is 413 g/mol. The molecule has 1 N–H and O–H groups in total. The molecule has 6 heteroatoms. The van der Waals surface area contributed by atoms with Crippen LogP contribution in [-0.2, 0) is 9.53 Å². The fraction of sp³-hybridized carbons (Fsp3) is 0.417. The molecule has 1 amide bonds. The van der Waals surface area contributed by atoms with Crippen molar-refractivity contribution in [3.63, 3.8) is 0 Å². The van der Waals surface area contributed by atoms with Gasteiger partial charge in [0, 0.05) is 0 Å². The maximum absolute atomic E-state index is 12.4. The zero-order valence-electron chi connectivity index (χ0n) is 18.4. The third kappa shape index (κ3) is 6.79. The Morgan fingerprint density at radius 2 is 1.73 bits per heavy atom. The lowest BCUT2D eigenvalue weighted by atomic mass is 10.0. The van der Waals surface area contributed by atoms with E-state index < -0.39 is 5.97 Å². The van der Waals surface area contributed by atoms with E-state index in [0.717, 1.165) is 17.5 Å². The fourth-order valence-electron chi connectivity index (χ4n) is 2.84. The lowest BCUT2D eigenvalue weighted by molar-refractivity contribution is -0.125. The molecule has 0 aromatic heterocycles. The quantitative estimate of drug-likeness (QED) is 0.582. The van der Waals surface area contributed by atoms with E-state index in [0.29, 0.717) is 29.6 Å². The Morgan fingerprint density at radius 3 is 2.33 bits per heavy atom. The van der Waals surface area contributed by atoms with Crippen molar-refractivity contribution >= 4 is 11.9 Å². The number of nitrogens with one attached hydrogen (secondary N) is 1. The number of rotatable bonds is 10. The Morgan fingerprint density at radius 1 is 1.03 bits per heavy atom. The molecule has 2 aromatic rings. The SMILES string of the molecule is CC[C@H](NC(=O)COC(=O)c1ccc(OCC(C)C)c(OC)c1)c1ccc(C)cc1. The molecular weight excluding hydrogens is 382 g/mol. The molecule has 0 unspecified atom stereocenters. The lowest BCUT2D eigenvalue weighted by Crippen LogP contribution is -2.32. The molecule has 2 aromatic carbocycles. The minimum atomic E-state index is -0.595. The molecule has 0 saturated carbocycles. The average molecular weight is 414 g/mol. The summed E-state index contributed by atoms with van der Waals surface area (Å²) >= 11 is 0. The molecular formula is C24H31NO5. The second kappa shape index (κ2) is 11.2. The molecule has 2 rings (SSSR count). The van der Waals surface area contributed by atoms with E-state index in [4.69, 9.17) is 14.2 Å². The minimum absolute atomic E-state index is 0.130. The van der Waals surface area contributed by atoms with Crippen LogP contribution in [0, 0.1) is 12.8 Å². The van der Waals surface area contributed by atoms with Crippen LogP contribution in [0.5, 0.6) is 11.5 Å². The van der Waals surface area contributed by atoms with Gasteiger partial charge in [-0.2, -0.15) is 0 Å². The van der Waals surface area contributed by atoms with Crippen LogP contribution >= 0.6 is 0 Å². The summed E-state index contributed by atoms with van der Waals surface area (Å²) in [4.78, 5) is 24.6. The van der Waals surface area contributed by atoms with Gasteiger partial charge >= 0.3 is 5.97 Å². The molecule has 0 saturated heterocycles. The zero-order chi connectivity index (χ0) is 22.1. The van der Waals surface area contributed by atoms with E-state index in [9.17, 15) is 9.59 Å². The summed E-state index contributed by atoms with van der Waals surface area (Å²) in [5.74, 6) is 0.427. The molecule has 6 nitrogen and oxygen atoms in total. The van der Waals surface area contributed by atoms with E-state index in [1.165, 1.54) is 7.11 Å². The van der Waals surface area contributed by atoms with Gasteiger partial charge < -0.3 is 19.5 Å². The van der Waals surface area contributed by atoms with Gasteiger partial charge in [0.1, 0.15) is 0 Å². The Bertz CT molecular complexity index is 845. The first-order valence-corrected chi connectivity index (χ1v) is 10.2. The van der Waals surface area contributed by atoms with Crippen molar-refractivity contribution in [3.8, 4) is 11.5 Å². The molecule has 0 aliphatic rings. The minimum Gasteiger partial charge on any atom is -0.493 e. The van der Waals surface area contributed by atoms with Gasteiger partial charge in [-0.15, -0.1) is 0 Å². The van der Waals surface area contributed by atoms with Gasteiger partial charge in [-0.25, -0.2) is 4.79 Å². The van der Waals surface area contributed by atoms with E-state index >= 15 is 0 Å². The second-order valence-corrected chi connectivity index (χ2v) is 7.59. The first-order valence-electron chi connectivity index (χ1n) is 10.2. The molecule has 30 heavy (non-hydrogen) atoms. The number of amides is 1. The predicted molar refractivity (Wildman–Crippen MR) is 116 cm³/mol. The molecule has 0 aliphatic heterocycles. The molecule has 162 valence electrons. The first kappa shape index (κ1) is 23.3. The molecule has 0 aliphatic carbocycles. The number of hydrogen-bond donors (Lipinski definition) is 1. The van der Waals surface area contributed by atoms with Crippen molar-refractivity contribution < 1.29 is 23.8 Å². The summed E-state index contributed by atoms with van der Waals surface area (Å²) in [6, 6.07) is 12.7. The second-order valence-electron chi connectivity index (χ2n) is 7.59. The number of ether oxygens (including phenoxy) is 3. The van der Waals surface area contributed by atoms with Gasteiger partial charge in [0.05, 0.1) is 25.3 Å². The first-order chi connectivity index (χ1) is 14.3. The van der Waals surface area contributed by atoms with E-state index in [1.807, 2.05) is 52.0 Å². The van der Waals surface area contributed by atoms with E-state index in [-0.39, 0.29) is 18.6 Å². The fourth-order valence-corrected chi connectivity index (χ4v) is 2.84. The number of aryl methyl sites for hydroxylation is 1. The normalized spacial score (nSPS) is 11.7.